The van der Waals surface area contributed by atoms with Crippen LogP contribution in [0.1, 0.15) is 36.2 Å². The topological polar surface area (TPSA) is 87.9 Å². The lowest BCUT2D eigenvalue weighted by atomic mass is 9.60. The lowest BCUT2D eigenvalue weighted by molar-refractivity contribution is 0.00870. The molecule has 2 fully saturated rings. The number of carbonyl (C=O) groups is 2. The summed E-state index contributed by atoms with van der Waals surface area (Å²) < 4.78 is 9.97. The highest BCUT2D eigenvalue weighted by Gasteiger charge is 2.47. The van der Waals surface area contributed by atoms with E-state index in [-0.39, 0.29) is 29.2 Å². The van der Waals surface area contributed by atoms with Crippen LogP contribution in [-0.2, 0) is 0 Å². The van der Waals surface area contributed by atoms with Crippen LogP contribution in [0.25, 0.3) is 0 Å². The number of nitrogens with one attached hydrogen (secondary N) is 1. The second-order valence-corrected chi connectivity index (χ2v) is 6.97. The summed E-state index contributed by atoms with van der Waals surface area (Å²) in [5.41, 5.74) is 0.264. The molecule has 1 spiro atoms. The molecule has 132 valence electrons. The van der Waals surface area contributed by atoms with Gasteiger partial charge >= 0.3 is 6.03 Å². The number of rotatable bonds is 3. The summed E-state index contributed by atoms with van der Waals surface area (Å²) >= 11 is 0. The number of piperidine rings is 1. The minimum Gasteiger partial charge on any atom is -0.479 e. The molecule has 2 heterocycles. The van der Waals surface area contributed by atoms with Crippen molar-refractivity contribution in [2.24, 2.45) is 5.41 Å². The van der Waals surface area contributed by atoms with Crippen LogP contribution in [0.5, 0.6) is 5.88 Å². The van der Waals surface area contributed by atoms with Crippen molar-refractivity contribution >= 4 is 11.9 Å². The van der Waals surface area contributed by atoms with Gasteiger partial charge in [-0.1, -0.05) is 0 Å². The molecule has 8 nitrogen and oxygen atoms in total. The predicted octanol–water partition coefficient (Wildman–Crippen LogP) is 1.34. The van der Waals surface area contributed by atoms with Gasteiger partial charge in [0.05, 0.1) is 13.2 Å². The van der Waals surface area contributed by atoms with Gasteiger partial charge in [-0.15, -0.1) is 0 Å². The summed E-state index contributed by atoms with van der Waals surface area (Å²) in [7, 11) is 4.97. The lowest BCUT2D eigenvalue weighted by Crippen LogP contribution is -2.56. The van der Waals surface area contributed by atoms with Crippen LogP contribution in [0.2, 0.25) is 0 Å². The average molecular weight is 336 g/mol. The number of methoxy groups -OCH3 is 1. The van der Waals surface area contributed by atoms with Crippen LogP contribution < -0.4 is 10.1 Å². The zero-order chi connectivity index (χ0) is 17.3. The molecule has 1 saturated carbocycles. The molecule has 0 atom stereocenters. The molecule has 24 heavy (non-hydrogen) atoms. The second kappa shape index (κ2) is 6.33. The van der Waals surface area contributed by atoms with Crippen molar-refractivity contribution in [2.75, 3.05) is 34.3 Å². The Labute approximate surface area is 141 Å². The Morgan fingerprint density at radius 3 is 2.58 bits per heavy atom. The fourth-order valence-corrected chi connectivity index (χ4v) is 3.60. The summed E-state index contributed by atoms with van der Waals surface area (Å²) in [5, 5.41) is 6.70. The summed E-state index contributed by atoms with van der Waals surface area (Å²) in [4.78, 5) is 27.4. The van der Waals surface area contributed by atoms with Gasteiger partial charge in [-0.2, -0.15) is 0 Å². The van der Waals surface area contributed by atoms with Gasteiger partial charge in [0.2, 0.25) is 5.76 Å². The molecular weight excluding hydrogens is 312 g/mol. The number of carbonyl (C=O) groups excluding carboxylic acids is 2. The maximum absolute atomic E-state index is 12.4. The van der Waals surface area contributed by atoms with E-state index in [1.54, 1.807) is 23.9 Å². The molecule has 0 radical (unpaired) electrons. The van der Waals surface area contributed by atoms with Crippen molar-refractivity contribution in [1.82, 2.24) is 20.3 Å². The van der Waals surface area contributed by atoms with E-state index in [0.717, 1.165) is 25.7 Å². The molecule has 1 aromatic heterocycles. The Balaban J connectivity index is 1.48. The van der Waals surface area contributed by atoms with E-state index >= 15 is 0 Å². The summed E-state index contributed by atoms with van der Waals surface area (Å²) in [6.07, 6.45) is 3.90. The Morgan fingerprint density at radius 2 is 2.04 bits per heavy atom. The fraction of sp³-hybridized carbons (Fsp3) is 0.688. The average Bonchev–Trinajstić information content (AvgIpc) is 3.02. The first-order valence-electron chi connectivity index (χ1n) is 8.20. The third-order valence-corrected chi connectivity index (χ3v) is 5.11. The number of nitrogens with zero attached hydrogens (tertiary/aromatic N) is 3. The molecule has 1 N–H and O–H groups in total. The number of aromatic nitrogens is 1. The highest BCUT2D eigenvalue weighted by atomic mass is 16.5. The van der Waals surface area contributed by atoms with Crippen molar-refractivity contribution in [3.63, 3.8) is 0 Å². The van der Waals surface area contributed by atoms with E-state index in [1.165, 1.54) is 13.2 Å². The maximum Gasteiger partial charge on any atom is 0.317 e. The van der Waals surface area contributed by atoms with Gasteiger partial charge in [-0.25, -0.2) is 4.79 Å². The van der Waals surface area contributed by atoms with Gasteiger partial charge in [-0.05, 0) is 36.3 Å². The highest BCUT2D eigenvalue weighted by Crippen LogP contribution is 2.49. The van der Waals surface area contributed by atoms with Crippen molar-refractivity contribution in [1.29, 1.82) is 0 Å². The predicted molar refractivity (Wildman–Crippen MR) is 85.9 cm³/mol. The first kappa shape index (κ1) is 16.6. The van der Waals surface area contributed by atoms with Crippen LogP contribution >= 0.6 is 0 Å². The third kappa shape index (κ3) is 3.18. The molecule has 0 unspecified atom stereocenters. The number of amides is 3. The van der Waals surface area contributed by atoms with E-state index in [9.17, 15) is 9.59 Å². The summed E-state index contributed by atoms with van der Waals surface area (Å²) in [6, 6.07) is 1.73. The smallest absolute Gasteiger partial charge is 0.317 e. The SMILES string of the molecule is COc1cc(C(=O)N2CCC3(CC2)CC(NC(=O)N(C)C)C3)on1. The standard InChI is InChI=1S/C16H24N4O4/c1-19(2)15(22)17-11-9-16(10-11)4-6-20(7-5-16)14(21)12-8-13(23-3)18-24-12/h8,11H,4-7,9-10H2,1-3H3,(H,17,22). The summed E-state index contributed by atoms with van der Waals surface area (Å²) in [6.45, 7) is 1.41. The van der Waals surface area contributed by atoms with Crippen LogP contribution in [0.4, 0.5) is 4.79 Å². The number of likely N-dealkylation sites (tertiary alicyclic amines) is 1. The first-order chi connectivity index (χ1) is 11.4. The highest BCUT2D eigenvalue weighted by molar-refractivity contribution is 5.91. The van der Waals surface area contributed by atoms with E-state index in [2.05, 4.69) is 10.5 Å². The van der Waals surface area contributed by atoms with Crippen molar-refractivity contribution in [3.8, 4) is 5.88 Å². The molecular formula is C16H24N4O4. The normalized spacial score (nSPS) is 19.7. The third-order valence-electron chi connectivity index (χ3n) is 5.11. The van der Waals surface area contributed by atoms with Gasteiger partial charge in [-0.3, -0.25) is 4.79 Å². The van der Waals surface area contributed by atoms with Crippen molar-refractivity contribution in [3.05, 3.63) is 11.8 Å². The summed E-state index contributed by atoms with van der Waals surface area (Å²) in [5.74, 6) is 0.385. The lowest BCUT2D eigenvalue weighted by Gasteiger charge is -2.52. The van der Waals surface area contributed by atoms with Gasteiger partial charge in [0.1, 0.15) is 0 Å². The Hall–Kier alpha value is -2.25. The van der Waals surface area contributed by atoms with Gasteiger partial charge < -0.3 is 24.4 Å². The number of hydrogen-bond donors (Lipinski definition) is 1. The number of ether oxygens (including phenoxy) is 1. The van der Waals surface area contributed by atoms with Gasteiger partial charge in [0.25, 0.3) is 11.8 Å². The van der Waals surface area contributed by atoms with Crippen LogP contribution in [0.3, 0.4) is 0 Å². The molecule has 0 bridgehead atoms. The minimum atomic E-state index is -0.141. The maximum atomic E-state index is 12.4. The van der Waals surface area contributed by atoms with Crippen LogP contribution in [0, 0.1) is 5.41 Å². The molecule has 3 amide bonds. The zero-order valence-corrected chi connectivity index (χ0v) is 14.4. The molecule has 1 aliphatic heterocycles. The Bertz CT molecular complexity index is 611. The van der Waals surface area contributed by atoms with Gasteiger partial charge in [0, 0.05) is 33.2 Å². The molecule has 8 heteroatoms. The molecule has 1 aromatic rings. The largest absolute Gasteiger partial charge is 0.479 e. The molecule has 2 aliphatic rings. The first-order valence-corrected chi connectivity index (χ1v) is 8.20. The van der Waals surface area contributed by atoms with E-state index in [1.807, 2.05) is 0 Å². The molecule has 1 aliphatic carbocycles. The zero-order valence-electron chi connectivity index (χ0n) is 14.4. The van der Waals surface area contributed by atoms with Crippen molar-refractivity contribution in [2.45, 2.75) is 31.7 Å². The van der Waals surface area contributed by atoms with Gasteiger partial charge in [0.15, 0.2) is 0 Å². The monoisotopic (exact) mass is 336 g/mol. The van der Waals surface area contributed by atoms with E-state index < -0.39 is 0 Å². The second-order valence-electron chi connectivity index (χ2n) is 6.97. The Morgan fingerprint density at radius 1 is 1.38 bits per heavy atom. The van der Waals surface area contributed by atoms with Crippen molar-refractivity contribution < 1.29 is 18.8 Å². The van der Waals surface area contributed by atoms with Crippen LogP contribution in [0.15, 0.2) is 10.6 Å². The quantitative estimate of drug-likeness (QED) is 0.900. The molecule has 0 aromatic carbocycles. The minimum absolute atomic E-state index is 0.0401. The molecule has 1 saturated heterocycles. The number of urea groups is 1. The Kier molecular flexibility index (Phi) is 4.38. The number of hydrogen-bond acceptors (Lipinski definition) is 5. The van der Waals surface area contributed by atoms with E-state index in [4.69, 9.17) is 9.26 Å². The molecule has 3 rings (SSSR count). The van der Waals surface area contributed by atoms with Crippen LogP contribution in [-0.4, -0.2) is 67.2 Å². The fourth-order valence-electron chi connectivity index (χ4n) is 3.60. The van der Waals surface area contributed by atoms with E-state index in [0.29, 0.717) is 19.0 Å².